The van der Waals surface area contributed by atoms with Crippen LogP contribution in [-0.2, 0) is 75.2 Å². The summed E-state index contributed by atoms with van der Waals surface area (Å²) in [5.74, 6) is -14.2. The van der Waals surface area contributed by atoms with Crippen LogP contribution in [0.4, 0.5) is 4.79 Å². The minimum Gasteiger partial charge on any atom is -0.549 e. The third-order valence-corrected chi connectivity index (χ3v) is 17.3. The van der Waals surface area contributed by atoms with Gasteiger partial charge in [0.15, 0.2) is 5.78 Å². The number of phenolic OH excluding ortho intramolecular Hbond substituents is 1. The topological polar surface area (TPSA) is 497 Å². The van der Waals surface area contributed by atoms with Crippen LogP contribution in [0.25, 0.3) is 0 Å². The first kappa shape index (κ1) is 83.8. The molecule has 1 fully saturated rings. The second-order valence-corrected chi connectivity index (χ2v) is 25.4. The summed E-state index contributed by atoms with van der Waals surface area (Å²) in [5, 5.41) is 102. The van der Waals surface area contributed by atoms with Crippen LogP contribution in [0.15, 0.2) is 48.5 Å². The van der Waals surface area contributed by atoms with Crippen LogP contribution < -0.4 is 31.7 Å². The van der Waals surface area contributed by atoms with Crippen molar-refractivity contribution in [2.45, 2.75) is 165 Å². The average molecular weight is 1500 g/mol. The van der Waals surface area contributed by atoms with Gasteiger partial charge in [0.2, 0.25) is 17.7 Å². The van der Waals surface area contributed by atoms with Gasteiger partial charge in [-0.15, -0.1) is 0 Å². The summed E-state index contributed by atoms with van der Waals surface area (Å²) in [6.07, 6.45) is 2.78. The van der Waals surface area contributed by atoms with Crippen molar-refractivity contribution >= 4 is 106 Å². The van der Waals surface area contributed by atoms with E-state index in [9.17, 15) is 108 Å². The van der Waals surface area contributed by atoms with Crippen molar-refractivity contribution < 1.29 is 113 Å². The van der Waals surface area contributed by atoms with Crippen LogP contribution in [0.3, 0.4) is 0 Å². The molecule has 0 aromatic heterocycles. The number of carboxylic acid groups (broad SMARTS) is 8. The Morgan fingerprint density at radius 3 is 1.50 bits per heavy atom. The molecule has 98 heavy (non-hydrogen) atoms. The monoisotopic (exact) mass is 1490 g/mol. The molecule has 0 radical (unpaired) electrons. The molecule has 0 bridgehead atoms. The second-order valence-electron chi connectivity index (χ2n) is 24.2. The number of nitrogens with one attached hydrogen (secondary N) is 5. The molecule has 2 aromatic carbocycles. The highest BCUT2D eigenvalue weighted by Crippen LogP contribution is 2.23. The maximum absolute atomic E-state index is 14.6. The number of rotatable bonds is 47. The summed E-state index contributed by atoms with van der Waals surface area (Å²) in [4.78, 5) is 181. The molecular formula is C65H93IN9O23-. The smallest absolute Gasteiger partial charge is 0.326 e. The molecule has 1 saturated heterocycles. The number of aromatic hydroxyl groups is 1. The number of carbonyl (C=O) groups is 14. The summed E-state index contributed by atoms with van der Waals surface area (Å²) < 4.78 is 0.419. The van der Waals surface area contributed by atoms with E-state index in [2.05, 4.69) is 26.6 Å². The zero-order valence-electron chi connectivity index (χ0n) is 54.8. The predicted octanol–water partition coefficient (Wildman–Crippen LogP) is 1.00. The van der Waals surface area contributed by atoms with Crippen molar-refractivity contribution in [3.8, 4) is 5.75 Å². The Labute approximate surface area is 580 Å². The lowest BCUT2D eigenvalue weighted by molar-refractivity contribution is -0.306. The standard InChI is InChI=1S/C65H94IN9O23/c66-46-36-43(20-23-52(46)77)37-50(68-55(80)24-22-51(64(96)97)75-33-31-73(40-58(85)86)29-27-72(39-57(83)84)28-30-74(32-34-75)41-59(87)88)53(78)38-44(35-42-13-5-3-6-14-42)60(89)69-47(61(90)91)18-11-12-26-67-54(79)19-10-2-1-7-15-45(76)16-8-4-9-17-48(62(92)93)70-65(98)71-49(63(94)95)21-25-56(81)82/h3,5-6,13-14,20,23,36,44,47-51,77H,1-2,4,7-12,15-19,21-22,24-35,37-41H2,(H,67,79)(H,68,80)(H,69,89)(H,81,82)(H,83,84)(H,85,86)(H,87,88)(H,90,91)(H,92,93)(H,94,95)(H,96,97)(H2,70,71,98)/p-1/t44-,47+,48-,49-,50+,51-/m0/s1. The zero-order chi connectivity index (χ0) is 72.7. The van der Waals surface area contributed by atoms with Crippen LogP contribution in [0.1, 0.15) is 133 Å². The molecule has 3 rings (SSSR count). The normalized spacial score (nSPS) is 15.4. The third kappa shape index (κ3) is 35.7. The fraction of sp³-hybridized carbons (Fsp3) is 0.600. The average Bonchev–Trinajstić information content (AvgIpc) is 0.897. The molecule has 1 heterocycles. The number of carbonyl (C=O) groups excluding carboxylic acids is 7. The van der Waals surface area contributed by atoms with Crippen molar-refractivity contribution in [3.05, 3.63) is 63.2 Å². The van der Waals surface area contributed by atoms with Crippen LogP contribution in [0, 0.1) is 9.49 Å². The van der Waals surface area contributed by atoms with E-state index in [-0.39, 0.29) is 128 Å². The zero-order valence-corrected chi connectivity index (χ0v) is 56.9. The molecule has 5 amide bonds. The second kappa shape index (κ2) is 46.0. The van der Waals surface area contributed by atoms with Gasteiger partial charge in [-0.2, -0.15) is 0 Å². The summed E-state index contributed by atoms with van der Waals surface area (Å²) in [7, 11) is 0. The number of nitrogens with zero attached hydrogens (tertiary/aromatic N) is 4. The van der Waals surface area contributed by atoms with Gasteiger partial charge in [-0.1, -0.05) is 62.1 Å². The summed E-state index contributed by atoms with van der Waals surface area (Å²) in [6, 6.07) is 5.07. The lowest BCUT2D eigenvalue weighted by Gasteiger charge is -2.35. The highest BCUT2D eigenvalue weighted by Gasteiger charge is 2.34. The molecule has 32 nitrogen and oxygen atoms in total. The van der Waals surface area contributed by atoms with Crippen molar-refractivity contribution in [2.24, 2.45) is 5.92 Å². The summed E-state index contributed by atoms with van der Waals surface area (Å²) in [5.41, 5.74) is 1.13. The first-order valence-corrected chi connectivity index (χ1v) is 33.7. The van der Waals surface area contributed by atoms with Gasteiger partial charge in [-0.05, 0) is 116 Å². The molecule has 0 spiro atoms. The van der Waals surface area contributed by atoms with Crippen molar-refractivity contribution in [3.63, 3.8) is 0 Å². The van der Waals surface area contributed by atoms with Crippen molar-refractivity contribution in [2.75, 3.05) is 78.5 Å². The number of Topliss-reactive ketones (excluding diaryl/α,β-unsaturated/α-hetero) is 2. The van der Waals surface area contributed by atoms with E-state index in [4.69, 9.17) is 5.11 Å². The Hall–Kier alpha value is -8.41. The third-order valence-electron chi connectivity index (χ3n) is 16.4. The van der Waals surface area contributed by atoms with Gasteiger partial charge >= 0.3 is 47.8 Å². The number of benzene rings is 2. The van der Waals surface area contributed by atoms with E-state index in [1.807, 2.05) is 22.6 Å². The van der Waals surface area contributed by atoms with Crippen LogP contribution in [-0.4, -0.2) is 252 Å². The van der Waals surface area contributed by atoms with Gasteiger partial charge in [0.05, 0.1) is 28.7 Å². The number of halogens is 1. The van der Waals surface area contributed by atoms with Crippen LogP contribution in [0.5, 0.6) is 5.75 Å². The maximum Gasteiger partial charge on any atom is 0.326 e. The van der Waals surface area contributed by atoms with Gasteiger partial charge in [0.25, 0.3) is 0 Å². The number of amides is 5. The summed E-state index contributed by atoms with van der Waals surface area (Å²) >= 11 is 1.89. The highest BCUT2D eigenvalue weighted by atomic mass is 127. The predicted molar refractivity (Wildman–Crippen MR) is 355 cm³/mol. The number of urea groups is 1. The number of hydrogen-bond acceptors (Lipinski definition) is 20. The quantitative estimate of drug-likeness (QED) is 0.0325. The molecule has 13 N–H and O–H groups in total. The largest absolute Gasteiger partial charge is 0.549 e. The molecule has 544 valence electrons. The van der Waals surface area contributed by atoms with Crippen molar-refractivity contribution in [1.29, 1.82) is 0 Å². The van der Waals surface area contributed by atoms with E-state index in [0.717, 1.165) is 0 Å². The van der Waals surface area contributed by atoms with Gasteiger partial charge in [-0.3, -0.25) is 62.8 Å². The van der Waals surface area contributed by atoms with E-state index < -0.39 is 153 Å². The number of ketones is 2. The Bertz CT molecular complexity index is 2970. The molecule has 1 aliphatic rings. The molecule has 6 atom stereocenters. The lowest BCUT2D eigenvalue weighted by atomic mass is 9.89. The minimum atomic E-state index is -1.53. The SMILES string of the molecule is O=C([O-])CN1CCN(CC(=O)O)CCN(CC(=O)O)CCN([C@@H](CCC(=O)N[C@H](Cc2ccc(O)c(I)c2)C(=O)C[C@H](Cc2ccccc2)C(=O)N[C@H](CCCCNC(=O)CCCCCCC(=O)CCCCC[C@H](NC(=O)N[C@@H](CCC(=O)O)C(=O)O)C(=O)O)C(=O)O)C(=O)O)CC1. The lowest BCUT2D eigenvalue weighted by Crippen LogP contribution is -2.52. The number of carboxylic acids is 8. The number of hydrogen-bond donors (Lipinski definition) is 13. The van der Waals surface area contributed by atoms with E-state index in [1.54, 1.807) is 36.4 Å². The fourth-order valence-electron chi connectivity index (χ4n) is 11.0. The first-order chi connectivity index (χ1) is 46.5. The highest BCUT2D eigenvalue weighted by molar-refractivity contribution is 14.1. The van der Waals surface area contributed by atoms with E-state index >= 15 is 0 Å². The number of phenols is 1. The first-order valence-electron chi connectivity index (χ1n) is 32.7. The molecule has 0 unspecified atom stereocenters. The maximum atomic E-state index is 14.6. The number of aliphatic carboxylic acids is 8. The number of unbranched alkanes of at least 4 members (excludes halogenated alkanes) is 6. The Morgan fingerprint density at radius 2 is 0.980 bits per heavy atom. The van der Waals surface area contributed by atoms with Gasteiger partial charge < -0.3 is 77.3 Å². The molecule has 33 heteroatoms. The van der Waals surface area contributed by atoms with Crippen LogP contribution >= 0.6 is 22.6 Å². The van der Waals surface area contributed by atoms with E-state index in [1.165, 1.54) is 31.7 Å². The Balaban J connectivity index is 1.58. The van der Waals surface area contributed by atoms with Gasteiger partial charge in [0, 0.05) is 110 Å². The Morgan fingerprint density at radius 1 is 0.469 bits per heavy atom. The Kier molecular flexibility index (Phi) is 39.3. The summed E-state index contributed by atoms with van der Waals surface area (Å²) in [6.45, 7) is -1.13. The molecule has 0 saturated carbocycles. The molecule has 1 aliphatic heterocycles. The molecule has 0 aliphatic carbocycles. The van der Waals surface area contributed by atoms with E-state index in [0.29, 0.717) is 72.5 Å². The van der Waals surface area contributed by atoms with Gasteiger partial charge in [-0.25, -0.2) is 19.2 Å². The fourth-order valence-corrected chi connectivity index (χ4v) is 11.6. The van der Waals surface area contributed by atoms with Crippen LogP contribution in [0.2, 0.25) is 0 Å². The molecular weight excluding hydrogens is 1400 g/mol. The van der Waals surface area contributed by atoms with Gasteiger partial charge in [0.1, 0.15) is 35.7 Å². The van der Waals surface area contributed by atoms with Crippen molar-refractivity contribution in [1.82, 2.24) is 46.2 Å². The molecule has 2 aromatic rings. The minimum absolute atomic E-state index is 0.00810.